The molecule has 4 rings (SSSR count). The van der Waals surface area contributed by atoms with Crippen molar-refractivity contribution in [1.82, 2.24) is 4.98 Å². The SMILES string of the molecule is CCOc1cc(CNc2ccccc2)ccc1Oc1ccnc2cc(Cl)ccc12. The van der Waals surface area contributed by atoms with Crippen LogP contribution in [0.1, 0.15) is 12.5 Å². The Morgan fingerprint density at radius 2 is 1.76 bits per heavy atom. The molecule has 5 heteroatoms. The van der Waals surface area contributed by atoms with Gasteiger partial charge in [-0.1, -0.05) is 35.9 Å². The minimum atomic E-state index is 0.554. The fourth-order valence-corrected chi connectivity index (χ4v) is 3.24. The van der Waals surface area contributed by atoms with E-state index in [1.165, 1.54) is 0 Å². The van der Waals surface area contributed by atoms with Crippen molar-refractivity contribution < 1.29 is 9.47 Å². The number of hydrogen-bond donors (Lipinski definition) is 1. The number of hydrogen-bond acceptors (Lipinski definition) is 4. The van der Waals surface area contributed by atoms with Crippen molar-refractivity contribution in [2.24, 2.45) is 0 Å². The van der Waals surface area contributed by atoms with Crippen molar-refractivity contribution in [3.05, 3.63) is 89.6 Å². The second-order valence-electron chi connectivity index (χ2n) is 6.51. The maximum atomic E-state index is 6.20. The highest BCUT2D eigenvalue weighted by molar-refractivity contribution is 6.31. The van der Waals surface area contributed by atoms with E-state index in [0.29, 0.717) is 35.4 Å². The highest BCUT2D eigenvalue weighted by Crippen LogP contribution is 2.36. The van der Waals surface area contributed by atoms with Crippen LogP contribution >= 0.6 is 11.6 Å². The zero-order chi connectivity index (χ0) is 20.1. The number of nitrogens with zero attached hydrogens (tertiary/aromatic N) is 1. The van der Waals surface area contributed by atoms with E-state index in [9.17, 15) is 0 Å². The first kappa shape index (κ1) is 19.1. The molecule has 1 heterocycles. The van der Waals surface area contributed by atoms with Gasteiger partial charge >= 0.3 is 0 Å². The number of rotatable bonds is 7. The fourth-order valence-electron chi connectivity index (χ4n) is 3.08. The van der Waals surface area contributed by atoms with E-state index in [-0.39, 0.29) is 0 Å². The topological polar surface area (TPSA) is 43.4 Å². The largest absolute Gasteiger partial charge is 0.490 e. The number of ether oxygens (including phenoxy) is 2. The average molecular weight is 405 g/mol. The van der Waals surface area contributed by atoms with Crippen LogP contribution in [-0.2, 0) is 6.54 Å². The number of fused-ring (bicyclic) bond motifs is 1. The molecule has 0 fully saturated rings. The Balaban J connectivity index is 1.59. The van der Waals surface area contributed by atoms with Gasteiger partial charge in [0.05, 0.1) is 12.1 Å². The predicted molar refractivity (Wildman–Crippen MR) is 118 cm³/mol. The molecule has 0 spiro atoms. The van der Waals surface area contributed by atoms with Gasteiger partial charge in [-0.15, -0.1) is 0 Å². The van der Waals surface area contributed by atoms with Gasteiger partial charge in [0, 0.05) is 28.8 Å². The lowest BCUT2D eigenvalue weighted by molar-refractivity contribution is 0.321. The minimum absolute atomic E-state index is 0.554. The van der Waals surface area contributed by atoms with E-state index in [1.54, 1.807) is 6.20 Å². The molecule has 0 saturated heterocycles. The van der Waals surface area contributed by atoms with Crippen LogP contribution in [0.5, 0.6) is 17.2 Å². The molecule has 3 aromatic carbocycles. The molecule has 0 aliphatic heterocycles. The van der Waals surface area contributed by atoms with Crippen molar-refractivity contribution in [2.75, 3.05) is 11.9 Å². The third kappa shape index (κ3) is 4.61. The van der Waals surface area contributed by atoms with Gasteiger partial charge in [-0.3, -0.25) is 4.98 Å². The molecule has 0 radical (unpaired) electrons. The van der Waals surface area contributed by atoms with Crippen molar-refractivity contribution in [2.45, 2.75) is 13.5 Å². The van der Waals surface area contributed by atoms with Crippen molar-refractivity contribution in [3.63, 3.8) is 0 Å². The average Bonchev–Trinajstić information content (AvgIpc) is 2.74. The molecule has 4 nitrogen and oxygen atoms in total. The molecular weight excluding hydrogens is 384 g/mol. The summed E-state index contributed by atoms with van der Waals surface area (Å²) in [5, 5.41) is 4.95. The predicted octanol–water partition coefficient (Wildman–Crippen LogP) is 6.69. The summed E-state index contributed by atoms with van der Waals surface area (Å²) in [6.07, 6.45) is 1.71. The highest BCUT2D eigenvalue weighted by Gasteiger charge is 2.11. The summed E-state index contributed by atoms with van der Waals surface area (Å²) in [5.41, 5.74) is 2.97. The second-order valence-corrected chi connectivity index (χ2v) is 6.94. The third-order valence-corrected chi connectivity index (χ3v) is 4.70. The molecule has 0 saturated carbocycles. The monoisotopic (exact) mass is 404 g/mol. The van der Waals surface area contributed by atoms with Crippen LogP contribution in [0.25, 0.3) is 10.9 Å². The van der Waals surface area contributed by atoms with Crippen LogP contribution in [0.4, 0.5) is 5.69 Å². The summed E-state index contributed by atoms with van der Waals surface area (Å²) in [5.74, 6) is 2.08. The van der Waals surface area contributed by atoms with Crippen LogP contribution in [0.3, 0.4) is 0 Å². The number of aromatic nitrogens is 1. The molecule has 0 aliphatic carbocycles. The second kappa shape index (κ2) is 8.84. The van der Waals surface area contributed by atoms with E-state index >= 15 is 0 Å². The van der Waals surface area contributed by atoms with Crippen LogP contribution in [-0.4, -0.2) is 11.6 Å². The van der Waals surface area contributed by atoms with Gasteiger partial charge in [-0.2, -0.15) is 0 Å². The van der Waals surface area contributed by atoms with E-state index in [4.69, 9.17) is 21.1 Å². The Bertz CT molecular complexity index is 1120. The summed E-state index contributed by atoms with van der Waals surface area (Å²) in [4.78, 5) is 4.37. The van der Waals surface area contributed by atoms with Gasteiger partial charge < -0.3 is 14.8 Å². The van der Waals surface area contributed by atoms with Crippen molar-refractivity contribution >= 4 is 28.2 Å². The molecule has 1 N–H and O–H groups in total. The maximum absolute atomic E-state index is 6.20. The lowest BCUT2D eigenvalue weighted by Crippen LogP contribution is -2.01. The maximum Gasteiger partial charge on any atom is 0.169 e. The Labute approximate surface area is 175 Å². The molecule has 1 aromatic heterocycles. The zero-order valence-corrected chi connectivity index (χ0v) is 16.8. The van der Waals surface area contributed by atoms with E-state index in [2.05, 4.69) is 10.3 Å². The number of benzene rings is 3. The first-order chi connectivity index (χ1) is 14.2. The highest BCUT2D eigenvalue weighted by atomic mass is 35.5. The third-order valence-electron chi connectivity index (χ3n) is 4.46. The van der Waals surface area contributed by atoms with Gasteiger partial charge in [0.15, 0.2) is 11.5 Å². The quantitative estimate of drug-likeness (QED) is 0.372. The Kier molecular flexibility index (Phi) is 5.82. The minimum Gasteiger partial charge on any atom is -0.490 e. The number of para-hydroxylation sites is 1. The smallest absolute Gasteiger partial charge is 0.169 e. The first-order valence-corrected chi connectivity index (χ1v) is 9.87. The molecule has 0 bridgehead atoms. The van der Waals surface area contributed by atoms with Crippen molar-refractivity contribution in [1.29, 1.82) is 0 Å². The molecule has 0 aliphatic rings. The molecule has 146 valence electrons. The number of halogens is 1. The fraction of sp³-hybridized carbons (Fsp3) is 0.125. The summed E-state index contributed by atoms with van der Waals surface area (Å²) in [7, 11) is 0. The standard InChI is InChI=1S/C24H21ClN2O2/c1-2-28-24-14-17(16-27-19-6-4-3-5-7-19)8-11-23(24)29-22-12-13-26-21-15-18(25)9-10-20(21)22/h3-15,27H,2,16H2,1H3. The van der Waals surface area contributed by atoms with Gasteiger partial charge in [-0.05, 0) is 61.0 Å². The van der Waals surface area contributed by atoms with Crippen LogP contribution in [0.2, 0.25) is 5.02 Å². The van der Waals surface area contributed by atoms with Gasteiger partial charge in [0.25, 0.3) is 0 Å². The first-order valence-electron chi connectivity index (χ1n) is 9.49. The van der Waals surface area contributed by atoms with E-state index < -0.39 is 0 Å². The summed E-state index contributed by atoms with van der Waals surface area (Å²) in [6.45, 7) is 3.21. The Hall–Kier alpha value is -3.24. The normalized spacial score (nSPS) is 10.7. The molecule has 0 atom stereocenters. The van der Waals surface area contributed by atoms with Crippen LogP contribution < -0.4 is 14.8 Å². The molecular formula is C24H21ClN2O2. The molecule has 4 aromatic rings. The Morgan fingerprint density at radius 1 is 0.897 bits per heavy atom. The van der Waals surface area contributed by atoms with E-state index in [0.717, 1.165) is 22.2 Å². The summed E-state index contributed by atoms with van der Waals surface area (Å²) < 4.78 is 12.0. The van der Waals surface area contributed by atoms with Gasteiger partial charge in [0.2, 0.25) is 0 Å². The lowest BCUT2D eigenvalue weighted by Gasteiger charge is -2.15. The number of nitrogens with one attached hydrogen (secondary N) is 1. The van der Waals surface area contributed by atoms with Gasteiger partial charge in [-0.25, -0.2) is 0 Å². The summed E-state index contributed by atoms with van der Waals surface area (Å²) >= 11 is 6.08. The van der Waals surface area contributed by atoms with Crippen LogP contribution in [0, 0.1) is 0 Å². The number of anilines is 1. The lowest BCUT2D eigenvalue weighted by atomic mass is 10.2. The molecule has 29 heavy (non-hydrogen) atoms. The molecule has 0 unspecified atom stereocenters. The molecule has 0 amide bonds. The zero-order valence-electron chi connectivity index (χ0n) is 16.1. The van der Waals surface area contributed by atoms with Gasteiger partial charge in [0.1, 0.15) is 5.75 Å². The van der Waals surface area contributed by atoms with E-state index in [1.807, 2.05) is 79.7 Å². The summed E-state index contributed by atoms with van der Waals surface area (Å²) in [6, 6.07) is 23.5. The number of pyridine rings is 1. The Morgan fingerprint density at radius 3 is 2.59 bits per heavy atom. The van der Waals surface area contributed by atoms with Crippen molar-refractivity contribution in [3.8, 4) is 17.2 Å². The van der Waals surface area contributed by atoms with Crippen LogP contribution in [0.15, 0.2) is 79.0 Å².